The molecule has 132 valence electrons. The number of nitrogens with one attached hydrogen (secondary N) is 2. The maximum Gasteiger partial charge on any atom is 0.267 e. The van der Waals surface area contributed by atoms with E-state index in [1.807, 2.05) is 0 Å². The highest BCUT2D eigenvalue weighted by atomic mass is 16.2. The van der Waals surface area contributed by atoms with Gasteiger partial charge in [0.1, 0.15) is 5.69 Å². The molecule has 5 nitrogen and oxygen atoms in total. The molecule has 25 heavy (non-hydrogen) atoms. The average molecular weight is 339 g/mol. The summed E-state index contributed by atoms with van der Waals surface area (Å²) in [6, 6.07) is 13.5. The van der Waals surface area contributed by atoms with E-state index >= 15 is 0 Å². The van der Waals surface area contributed by atoms with Gasteiger partial charge in [0, 0.05) is 30.9 Å². The molecule has 1 fully saturated rings. The summed E-state index contributed by atoms with van der Waals surface area (Å²) in [5.41, 5.74) is 2.30. The number of aromatic nitrogens is 1. The van der Waals surface area contributed by atoms with Gasteiger partial charge in [-0.1, -0.05) is 30.3 Å². The minimum Gasteiger partial charge on any atom is -0.354 e. The predicted octanol–water partition coefficient (Wildman–Crippen LogP) is 2.29. The molecule has 1 saturated heterocycles. The zero-order valence-corrected chi connectivity index (χ0v) is 14.6. The summed E-state index contributed by atoms with van der Waals surface area (Å²) in [6.45, 7) is 5.30. The number of hydrogen-bond donors (Lipinski definition) is 2. The van der Waals surface area contributed by atoms with Gasteiger partial charge in [0.15, 0.2) is 5.43 Å². The quantitative estimate of drug-likeness (QED) is 0.878. The van der Waals surface area contributed by atoms with Crippen LogP contribution in [0, 0.1) is 6.92 Å². The van der Waals surface area contributed by atoms with E-state index in [2.05, 4.69) is 45.5 Å². The summed E-state index contributed by atoms with van der Waals surface area (Å²) in [4.78, 5) is 28.9. The van der Waals surface area contributed by atoms with Gasteiger partial charge >= 0.3 is 0 Å². The second-order valence-corrected chi connectivity index (χ2v) is 6.70. The number of piperidine rings is 1. The van der Waals surface area contributed by atoms with Crippen LogP contribution in [0.4, 0.5) is 0 Å². The molecular formula is C20H25N3O2. The van der Waals surface area contributed by atoms with Crippen LogP contribution >= 0.6 is 0 Å². The van der Waals surface area contributed by atoms with E-state index in [0.717, 1.165) is 32.5 Å². The van der Waals surface area contributed by atoms with E-state index in [1.165, 1.54) is 17.7 Å². The summed E-state index contributed by atoms with van der Waals surface area (Å²) in [5, 5.41) is 2.89. The van der Waals surface area contributed by atoms with Gasteiger partial charge in [0.25, 0.3) is 5.91 Å². The van der Waals surface area contributed by atoms with E-state index < -0.39 is 0 Å². The SMILES string of the molecule is Cc1cc(=O)cc(C(=O)NCCN2CCC(c3ccccc3)CC2)[nH]1. The zero-order chi connectivity index (χ0) is 17.6. The Bertz CT molecular complexity index is 762. The maximum atomic E-state index is 12.1. The highest BCUT2D eigenvalue weighted by Gasteiger charge is 2.20. The van der Waals surface area contributed by atoms with Gasteiger partial charge in [0.2, 0.25) is 0 Å². The highest BCUT2D eigenvalue weighted by Crippen LogP contribution is 2.27. The normalized spacial score (nSPS) is 15.9. The zero-order valence-electron chi connectivity index (χ0n) is 14.6. The molecule has 0 bridgehead atoms. The lowest BCUT2D eigenvalue weighted by Crippen LogP contribution is -2.39. The number of carbonyl (C=O) groups excluding carboxylic acids is 1. The lowest BCUT2D eigenvalue weighted by molar-refractivity contribution is 0.0940. The fourth-order valence-electron chi connectivity index (χ4n) is 3.44. The number of likely N-dealkylation sites (tertiary alicyclic amines) is 1. The van der Waals surface area contributed by atoms with Crippen LogP contribution in [0.15, 0.2) is 47.3 Å². The molecule has 0 saturated carbocycles. The molecule has 1 aromatic carbocycles. The van der Waals surface area contributed by atoms with Crippen LogP contribution in [0.25, 0.3) is 0 Å². The van der Waals surface area contributed by atoms with Crippen molar-refractivity contribution in [3.05, 3.63) is 69.6 Å². The minimum atomic E-state index is -0.222. The number of amides is 1. The molecule has 0 atom stereocenters. The van der Waals surface area contributed by atoms with Crippen molar-refractivity contribution in [3.8, 4) is 0 Å². The Hall–Kier alpha value is -2.40. The third-order valence-corrected chi connectivity index (χ3v) is 4.79. The minimum absolute atomic E-state index is 0.149. The number of nitrogens with zero attached hydrogens (tertiary/aromatic N) is 1. The predicted molar refractivity (Wildman–Crippen MR) is 99.0 cm³/mol. The van der Waals surface area contributed by atoms with Crippen molar-refractivity contribution >= 4 is 5.91 Å². The van der Waals surface area contributed by atoms with Crippen molar-refractivity contribution in [2.45, 2.75) is 25.7 Å². The van der Waals surface area contributed by atoms with Gasteiger partial charge in [-0.05, 0) is 44.3 Å². The Kier molecular flexibility index (Phi) is 5.66. The third kappa shape index (κ3) is 4.79. The standard InChI is InChI=1S/C20H25N3O2/c1-15-13-18(24)14-19(22-15)20(25)21-9-12-23-10-7-17(8-11-23)16-5-3-2-4-6-16/h2-6,13-14,17H,7-12H2,1H3,(H,21,25)(H,22,24). The maximum absolute atomic E-state index is 12.1. The Labute approximate surface area is 148 Å². The number of H-pyrrole nitrogens is 1. The van der Waals surface area contributed by atoms with Gasteiger partial charge in [-0.15, -0.1) is 0 Å². The molecule has 5 heteroatoms. The van der Waals surface area contributed by atoms with Gasteiger partial charge in [-0.25, -0.2) is 0 Å². The number of rotatable bonds is 5. The average Bonchev–Trinajstić information content (AvgIpc) is 2.62. The first-order valence-electron chi connectivity index (χ1n) is 8.88. The number of hydrogen-bond acceptors (Lipinski definition) is 3. The molecule has 0 unspecified atom stereocenters. The number of aryl methyl sites for hydroxylation is 1. The molecule has 2 N–H and O–H groups in total. The van der Waals surface area contributed by atoms with E-state index in [-0.39, 0.29) is 11.3 Å². The largest absolute Gasteiger partial charge is 0.354 e. The molecule has 1 aliphatic rings. The van der Waals surface area contributed by atoms with Crippen LogP contribution in [0.1, 0.15) is 40.5 Å². The van der Waals surface area contributed by atoms with Crippen molar-refractivity contribution in [1.29, 1.82) is 0 Å². The number of pyridine rings is 1. The Morgan fingerprint density at radius 2 is 1.92 bits per heavy atom. The fourth-order valence-corrected chi connectivity index (χ4v) is 3.44. The van der Waals surface area contributed by atoms with Crippen molar-refractivity contribution in [2.24, 2.45) is 0 Å². The first-order valence-corrected chi connectivity index (χ1v) is 8.88. The van der Waals surface area contributed by atoms with Crippen molar-refractivity contribution in [3.63, 3.8) is 0 Å². The lowest BCUT2D eigenvalue weighted by atomic mass is 9.89. The lowest BCUT2D eigenvalue weighted by Gasteiger charge is -2.32. The van der Waals surface area contributed by atoms with Crippen molar-refractivity contribution in [2.75, 3.05) is 26.2 Å². The third-order valence-electron chi connectivity index (χ3n) is 4.79. The number of aromatic amines is 1. The van der Waals surface area contributed by atoms with Gasteiger partial charge < -0.3 is 15.2 Å². The van der Waals surface area contributed by atoms with Crippen LogP contribution in [0.3, 0.4) is 0 Å². The van der Waals surface area contributed by atoms with Crippen LogP contribution < -0.4 is 10.7 Å². The molecule has 1 aromatic heterocycles. The van der Waals surface area contributed by atoms with Crippen LogP contribution in [-0.4, -0.2) is 42.0 Å². The molecular weight excluding hydrogens is 314 g/mol. The summed E-state index contributed by atoms with van der Waals surface area (Å²) in [5.74, 6) is 0.421. The second-order valence-electron chi connectivity index (χ2n) is 6.70. The second kappa shape index (κ2) is 8.12. The first-order chi connectivity index (χ1) is 12.1. The van der Waals surface area contributed by atoms with Crippen LogP contribution in [0.2, 0.25) is 0 Å². The molecule has 3 rings (SSSR count). The molecule has 2 aromatic rings. The molecule has 1 aliphatic heterocycles. The van der Waals surface area contributed by atoms with Crippen LogP contribution in [0.5, 0.6) is 0 Å². The Balaban J connectivity index is 1.43. The number of benzene rings is 1. The summed E-state index contributed by atoms with van der Waals surface area (Å²) < 4.78 is 0. The van der Waals surface area contributed by atoms with E-state index in [0.29, 0.717) is 23.9 Å². The van der Waals surface area contributed by atoms with Gasteiger partial charge in [-0.2, -0.15) is 0 Å². The van der Waals surface area contributed by atoms with E-state index in [4.69, 9.17) is 0 Å². The summed E-state index contributed by atoms with van der Waals surface area (Å²) in [7, 11) is 0. The van der Waals surface area contributed by atoms with Gasteiger partial charge in [-0.3, -0.25) is 9.59 Å². The highest BCUT2D eigenvalue weighted by molar-refractivity contribution is 5.92. The summed E-state index contributed by atoms with van der Waals surface area (Å²) >= 11 is 0. The number of carbonyl (C=O) groups is 1. The Morgan fingerprint density at radius 3 is 2.60 bits per heavy atom. The smallest absolute Gasteiger partial charge is 0.267 e. The first kappa shape index (κ1) is 17.4. The molecule has 1 amide bonds. The molecule has 0 aliphatic carbocycles. The van der Waals surface area contributed by atoms with Crippen molar-refractivity contribution in [1.82, 2.24) is 15.2 Å². The van der Waals surface area contributed by atoms with E-state index in [1.54, 1.807) is 6.92 Å². The molecule has 2 heterocycles. The summed E-state index contributed by atoms with van der Waals surface area (Å²) in [6.07, 6.45) is 2.31. The van der Waals surface area contributed by atoms with E-state index in [9.17, 15) is 9.59 Å². The molecule has 0 radical (unpaired) electrons. The monoisotopic (exact) mass is 339 g/mol. The Morgan fingerprint density at radius 1 is 1.20 bits per heavy atom. The molecule has 0 spiro atoms. The van der Waals surface area contributed by atoms with Crippen molar-refractivity contribution < 1.29 is 4.79 Å². The fraction of sp³-hybridized carbons (Fsp3) is 0.400. The topological polar surface area (TPSA) is 65.2 Å². The van der Waals surface area contributed by atoms with Crippen LogP contribution in [-0.2, 0) is 0 Å². The van der Waals surface area contributed by atoms with Gasteiger partial charge in [0.05, 0.1) is 0 Å².